The maximum atomic E-state index is 10.1. The quantitative estimate of drug-likeness (QED) is 0.129. The molecule has 1 atom stereocenters. The van der Waals surface area contributed by atoms with E-state index in [0.29, 0.717) is 0 Å². The summed E-state index contributed by atoms with van der Waals surface area (Å²) in [5.74, 6) is 0. The van der Waals surface area contributed by atoms with Crippen LogP contribution in [-0.4, -0.2) is 11.2 Å². The minimum absolute atomic E-state index is 0.0882. The number of hydrogen-bond donors (Lipinski definition) is 1. The Morgan fingerprint density at radius 1 is 0.467 bits per heavy atom. The summed E-state index contributed by atoms with van der Waals surface area (Å²) in [5, 5.41) is 10.1. The Balaban J connectivity index is 3.30. The molecule has 0 radical (unpaired) electrons. The van der Waals surface area contributed by atoms with Gasteiger partial charge in [-0.3, -0.25) is 0 Å². The van der Waals surface area contributed by atoms with Crippen molar-refractivity contribution in [3.63, 3.8) is 0 Å². The van der Waals surface area contributed by atoms with Crippen LogP contribution < -0.4 is 0 Å². The number of unbranched alkanes of at least 4 members (excludes halogenated alkanes) is 13. The largest absolute Gasteiger partial charge is 0.393 e. The summed E-state index contributed by atoms with van der Waals surface area (Å²) in [6.07, 6.45) is 38.7. The van der Waals surface area contributed by atoms with E-state index in [-0.39, 0.29) is 6.10 Å². The first-order chi connectivity index (χ1) is 14.8. The number of aliphatic hydroxyl groups is 1. The molecule has 0 saturated carbocycles. The standard InChI is InChI=1S/C29H54O/c1-3-5-7-9-11-13-15-16-18-20-22-24-26-28-29(30)27-25-23-21-19-17-14-12-10-8-6-4-2/h11-14,19,21,29-30H,3-10,15-18,20,22-28H2,1-2H3/b13-11+,14-12-,21-19-. The minimum atomic E-state index is -0.0882. The Morgan fingerprint density at radius 3 is 1.43 bits per heavy atom. The van der Waals surface area contributed by atoms with Crippen molar-refractivity contribution in [2.45, 2.75) is 148 Å². The lowest BCUT2D eigenvalue weighted by atomic mass is 10.0. The van der Waals surface area contributed by atoms with Gasteiger partial charge in [-0.25, -0.2) is 0 Å². The van der Waals surface area contributed by atoms with Crippen LogP contribution in [0.5, 0.6) is 0 Å². The van der Waals surface area contributed by atoms with Crippen LogP contribution in [0.1, 0.15) is 142 Å². The van der Waals surface area contributed by atoms with Gasteiger partial charge < -0.3 is 5.11 Å². The van der Waals surface area contributed by atoms with Gasteiger partial charge in [0.1, 0.15) is 0 Å². The highest BCUT2D eigenvalue weighted by molar-refractivity contribution is 4.92. The van der Waals surface area contributed by atoms with Crippen molar-refractivity contribution < 1.29 is 5.11 Å². The van der Waals surface area contributed by atoms with Gasteiger partial charge in [-0.05, 0) is 70.6 Å². The zero-order valence-corrected chi connectivity index (χ0v) is 20.6. The Morgan fingerprint density at radius 2 is 0.867 bits per heavy atom. The molecule has 1 unspecified atom stereocenters. The van der Waals surface area contributed by atoms with Crippen LogP contribution in [-0.2, 0) is 0 Å². The molecule has 0 amide bonds. The molecule has 30 heavy (non-hydrogen) atoms. The van der Waals surface area contributed by atoms with Gasteiger partial charge in [-0.1, -0.05) is 108 Å². The highest BCUT2D eigenvalue weighted by Gasteiger charge is 2.02. The van der Waals surface area contributed by atoms with E-state index in [9.17, 15) is 5.11 Å². The molecule has 176 valence electrons. The van der Waals surface area contributed by atoms with E-state index in [1.807, 2.05) is 0 Å². The lowest BCUT2D eigenvalue weighted by molar-refractivity contribution is 0.148. The van der Waals surface area contributed by atoms with Crippen LogP contribution >= 0.6 is 0 Å². The molecule has 0 aromatic carbocycles. The molecule has 1 heteroatoms. The van der Waals surface area contributed by atoms with Crippen molar-refractivity contribution in [1.82, 2.24) is 0 Å². The number of rotatable bonds is 23. The summed E-state index contributed by atoms with van der Waals surface area (Å²) in [4.78, 5) is 0. The minimum Gasteiger partial charge on any atom is -0.393 e. The second kappa shape index (κ2) is 26.2. The van der Waals surface area contributed by atoms with Crippen LogP contribution in [0.2, 0.25) is 0 Å². The van der Waals surface area contributed by atoms with Gasteiger partial charge in [-0.15, -0.1) is 0 Å². The fourth-order valence-corrected chi connectivity index (χ4v) is 3.73. The summed E-state index contributed by atoms with van der Waals surface area (Å²) < 4.78 is 0. The fourth-order valence-electron chi connectivity index (χ4n) is 3.73. The summed E-state index contributed by atoms with van der Waals surface area (Å²) in [7, 11) is 0. The Bertz CT molecular complexity index is 393. The highest BCUT2D eigenvalue weighted by atomic mass is 16.3. The zero-order valence-electron chi connectivity index (χ0n) is 20.6. The molecule has 0 bridgehead atoms. The van der Waals surface area contributed by atoms with E-state index in [2.05, 4.69) is 50.3 Å². The number of allylic oxidation sites excluding steroid dienone is 6. The van der Waals surface area contributed by atoms with Crippen LogP contribution in [0, 0.1) is 0 Å². The van der Waals surface area contributed by atoms with E-state index in [1.54, 1.807) is 0 Å². The topological polar surface area (TPSA) is 20.2 Å². The van der Waals surface area contributed by atoms with Crippen molar-refractivity contribution >= 4 is 0 Å². The van der Waals surface area contributed by atoms with Gasteiger partial charge in [-0.2, -0.15) is 0 Å². The average molecular weight is 419 g/mol. The molecule has 1 nitrogen and oxygen atoms in total. The molecule has 0 rings (SSSR count). The Kier molecular flexibility index (Phi) is 25.5. The Labute approximate surface area is 190 Å². The molecule has 0 saturated heterocycles. The summed E-state index contributed by atoms with van der Waals surface area (Å²) in [6, 6.07) is 0. The normalized spacial score (nSPS) is 13.3. The van der Waals surface area contributed by atoms with E-state index in [1.165, 1.54) is 96.3 Å². The van der Waals surface area contributed by atoms with Crippen molar-refractivity contribution in [3.8, 4) is 0 Å². The maximum absolute atomic E-state index is 10.1. The van der Waals surface area contributed by atoms with E-state index in [4.69, 9.17) is 0 Å². The van der Waals surface area contributed by atoms with E-state index < -0.39 is 0 Å². The maximum Gasteiger partial charge on any atom is 0.0540 e. The summed E-state index contributed by atoms with van der Waals surface area (Å²) in [5.41, 5.74) is 0. The predicted molar refractivity (Wildman–Crippen MR) is 137 cm³/mol. The van der Waals surface area contributed by atoms with Gasteiger partial charge in [0.05, 0.1) is 6.10 Å². The van der Waals surface area contributed by atoms with Crippen LogP contribution in [0.15, 0.2) is 36.5 Å². The lowest BCUT2D eigenvalue weighted by Gasteiger charge is -2.09. The molecular formula is C29H54O. The molecule has 0 aliphatic rings. The molecule has 1 N–H and O–H groups in total. The van der Waals surface area contributed by atoms with Crippen LogP contribution in [0.4, 0.5) is 0 Å². The third-order valence-electron chi connectivity index (χ3n) is 5.79. The van der Waals surface area contributed by atoms with Gasteiger partial charge in [0.15, 0.2) is 0 Å². The third kappa shape index (κ3) is 25.2. The molecular weight excluding hydrogens is 364 g/mol. The molecule has 0 spiro atoms. The zero-order chi connectivity index (χ0) is 22.0. The van der Waals surface area contributed by atoms with Crippen LogP contribution in [0.3, 0.4) is 0 Å². The molecule has 0 heterocycles. The third-order valence-corrected chi connectivity index (χ3v) is 5.79. The van der Waals surface area contributed by atoms with Crippen molar-refractivity contribution in [2.24, 2.45) is 0 Å². The monoisotopic (exact) mass is 418 g/mol. The Hall–Kier alpha value is -0.820. The summed E-state index contributed by atoms with van der Waals surface area (Å²) in [6.45, 7) is 4.51. The van der Waals surface area contributed by atoms with Gasteiger partial charge in [0.25, 0.3) is 0 Å². The van der Waals surface area contributed by atoms with Crippen molar-refractivity contribution in [3.05, 3.63) is 36.5 Å². The van der Waals surface area contributed by atoms with Crippen molar-refractivity contribution in [1.29, 1.82) is 0 Å². The second-order valence-electron chi connectivity index (χ2n) is 8.92. The molecule has 0 aromatic heterocycles. The van der Waals surface area contributed by atoms with Gasteiger partial charge in [0, 0.05) is 0 Å². The predicted octanol–water partition coefficient (Wildman–Crippen LogP) is 9.86. The average Bonchev–Trinajstić information content (AvgIpc) is 2.75. The van der Waals surface area contributed by atoms with Crippen LogP contribution in [0.25, 0.3) is 0 Å². The van der Waals surface area contributed by atoms with Gasteiger partial charge in [0.2, 0.25) is 0 Å². The fraction of sp³-hybridized carbons (Fsp3) is 0.793. The smallest absolute Gasteiger partial charge is 0.0540 e. The van der Waals surface area contributed by atoms with E-state index in [0.717, 1.165) is 32.1 Å². The molecule has 0 fully saturated rings. The lowest BCUT2D eigenvalue weighted by Crippen LogP contribution is -2.05. The first-order valence-corrected chi connectivity index (χ1v) is 13.4. The first-order valence-electron chi connectivity index (χ1n) is 13.4. The van der Waals surface area contributed by atoms with E-state index >= 15 is 0 Å². The second-order valence-corrected chi connectivity index (χ2v) is 8.92. The molecule has 0 aromatic rings. The molecule has 0 aliphatic heterocycles. The number of hydrogen-bond acceptors (Lipinski definition) is 1. The highest BCUT2D eigenvalue weighted by Crippen LogP contribution is 2.13. The van der Waals surface area contributed by atoms with Gasteiger partial charge >= 0.3 is 0 Å². The first kappa shape index (κ1) is 29.2. The number of aliphatic hydroxyl groups excluding tert-OH is 1. The molecule has 0 aliphatic carbocycles. The SMILES string of the molecule is CCCCC/C=C\C/C=C\CCCC(O)CCCCCCCC/C=C/CCCCC. The summed E-state index contributed by atoms with van der Waals surface area (Å²) >= 11 is 0. The van der Waals surface area contributed by atoms with Crippen molar-refractivity contribution in [2.75, 3.05) is 0 Å².